The largest absolute Gasteiger partial charge is 0.385 e. The van der Waals surface area contributed by atoms with E-state index in [1.807, 2.05) is 0 Å². The fraction of sp³-hybridized carbons (Fsp3) is 0.294. The molecule has 0 saturated carbocycles. The van der Waals surface area contributed by atoms with E-state index >= 15 is 0 Å². The Labute approximate surface area is 153 Å². The van der Waals surface area contributed by atoms with Gasteiger partial charge in [-0.2, -0.15) is 0 Å². The quantitative estimate of drug-likeness (QED) is 0.578. The van der Waals surface area contributed by atoms with Gasteiger partial charge in [-0.05, 0) is 42.8 Å². The van der Waals surface area contributed by atoms with Crippen LogP contribution in [-0.4, -0.2) is 39.6 Å². The van der Waals surface area contributed by atoms with Crippen molar-refractivity contribution in [1.29, 1.82) is 0 Å². The van der Waals surface area contributed by atoms with Crippen LogP contribution in [0.2, 0.25) is 0 Å². The average molecular weight is 378 g/mol. The highest BCUT2D eigenvalue weighted by atomic mass is 32.2. The fourth-order valence-corrected chi connectivity index (χ4v) is 3.13. The van der Waals surface area contributed by atoms with E-state index < -0.39 is 10.0 Å². The van der Waals surface area contributed by atoms with Crippen molar-refractivity contribution >= 4 is 33.1 Å². The van der Waals surface area contributed by atoms with Crippen LogP contribution in [0.25, 0.3) is 0 Å². The third-order valence-corrected chi connectivity index (χ3v) is 4.71. The Morgan fingerprint density at radius 2 is 1.81 bits per heavy atom. The van der Waals surface area contributed by atoms with Crippen molar-refractivity contribution in [3.8, 4) is 0 Å². The molecule has 1 aromatic carbocycles. The first-order chi connectivity index (χ1) is 12.4. The molecule has 0 bridgehead atoms. The molecule has 2 rings (SSSR count). The lowest BCUT2D eigenvalue weighted by Crippen LogP contribution is -2.14. The molecule has 0 atom stereocenters. The molecule has 1 heterocycles. The smallest absolute Gasteiger partial charge is 0.263 e. The van der Waals surface area contributed by atoms with Gasteiger partial charge in [-0.3, -0.25) is 9.52 Å². The highest BCUT2D eigenvalue weighted by Crippen LogP contribution is 2.18. The Morgan fingerprint density at radius 1 is 1.12 bits per heavy atom. The topological polar surface area (TPSA) is 109 Å². The second-order valence-corrected chi connectivity index (χ2v) is 7.20. The van der Waals surface area contributed by atoms with E-state index in [0.29, 0.717) is 12.3 Å². The molecule has 0 radical (unpaired) electrons. The number of nitrogens with one attached hydrogen (secondary N) is 3. The molecule has 0 saturated heterocycles. The predicted octanol–water partition coefficient (Wildman–Crippen LogP) is 2.29. The molecule has 2 aromatic rings. The van der Waals surface area contributed by atoms with Crippen LogP contribution in [0.3, 0.4) is 0 Å². The van der Waals surface area contributed by atoms with E-state index in [0.717, 1.165) is 18.7 Å². The van der Waals surface area contributed by atoms with Gasteiger partial charge in [0.15, 0.2) is 0 Å². The van der Waals surface area contributed by atoms with Crippen LogP contribution in [-0.2, 0) is 19.6 Å². The minimum Gasteiger partial charge on any atom is -0.385 e. The van der Waals surface area contributed by atoms with Gasteiger partial charge in [0.05, 0.1) is 16.8 Å². The van der Waals surface area contributed by atoms with Gasteiger partial charge in [-0.25, -0.2) is 13.4 Å². The van der Waals surface area contributed by atoms with E-state index in [9.17, 15) is 13.2 Å². The number of hydrogen-bond donors (Lipinski definition) is 3. The number of ether oxygens (including phenoxy) is 1. The van der Waals surface area contributed by atoms with E-state index in [1.54, 1.807) is 25.4 Å². The Balaban J connectivity index is 1.98. The lowest BCUT2D eigenvalue weighted by atomic mass is 10.3. The van der Waals surface area contributed by atoms with E-state index in [1.165, 1.54) is 31.2 Å². The second-order valence-electron chi connectivity index (χ2n) is 5.52. The predicted molar refractivity (Wildman–Crippen MR) is 101 cm³/mol. The van der Waals surface area contributed by atoms with E-state index in [-0.39, 0.29) is 16.6 Å². The maximum atomic E-state index is 12.4. The van der Waals surface area contributed by atoms with Crippen LogP contribution >= 0.6 is 0 Å². The number of aromatic nitrogens is 1. The number of carbonyl (C=O) groups excluding carboxylic acids is 1. The molecular formula is C17H22N4O4S. The monoisotopic (exact) mass is 378 g/mol. The number of hydrogen-bond acceptors (Lipinski definition) is 6. The normalized spacial score (nSPS) is 11.0. The number of carbonyl (C=O) groups is 1. The maximum Gasteiger partial charge on any atom is 0.263 e. The molecule has 3 N–H and O–H groups in total. The molecule has 0 unspecified atom stereocenters. The molecule has 0 aliphatic rings. The standard InChI is InChI=1S/C17H22N4O4S/c1-13(22)20-14-4-7-16(8-5-14)26(23,24)21-17-9-6-15(12-19-17)18-10-3-11-25-2/h4-9,12,18H,3,10-11H2,1-2H3,(H,19,21)(H,20,22). The van der Waals surface area contributed by atoms with Gasteiger partial charge in [0, 0.05) is 32.9 Å². The molecule has 140 valence electrons. The Kier molecular flexibility index (Phi) is 6.93. The van der Waals surface area contributed by atoms with E-state index in [4.69, 9.17) is 4.74 Å². The van der Waals surface area contributed by atoms with E-state index in [2.05, 4.69) is 20.3 Å². The summed E-state index contributed by atoms with van der Waals surface area (Å²) in [6.45, 7) is 2.79. The summed E-state index contributed by atoms with van der Waals surface area (Å²) in [6.07, 6.45) is 2.42. The van der Waals surface area contributed by atoms with Crippen LogP contribution in [0.1, 0.15) is 13.3 Å². The number of methoxy groups -OCH3 is 1. The molecule has 1 aromatic heterocycles. The first-order valence-corrected chi connectivity index (χ1v) is 9.48. The van der Waals surface area contributed by atoms with Crippen LogP contribution < -0.4 is 15.4 Å². The summed E-state index contributed by atoms with van der Waals surface area (Å²) in [5.41, 5.74) is 1.32. The molecule has 9 heteroatoms. The molecule has 0 aliphatic heterocycles. The van der Waals surface area contributed by atoms with Crippen molar-refractivity contribution in [3.63, 3.8) is 0 Å². The zero-order chi connectivity index (χ0) is 19.0. The van der Waals surface area contributed by atoms with Gasteiger partial charge >= 0.3 is 0 Å². The summed E-state index contributed by atoms with van der Waals surface area (Å²) >= 11 is 0. The molecule has 1 amide bonds. The van der Waals surface area contributed by atoms with Crippen LogP contribution in [0.15, 0.2) is 47.5 Å². The number of anilines is 3. The van der Waals surface area contributed by atoms with Crippen LogP contribution in [0, 0.1) is 0 Å². The minimum absolute atomic E-state index is 0.0789. The second kappa shape index (κ2) is 9.16. The first-order valence-electron chi connectivity index (χ1n) is 8.00. The van der Waals surface area contributed by atoms with Crippen molar-refractivity contribution in [1.82, 2.24) is 4.98 Å². The molecule has 26 heavy (non-hydrogen) atoms. The highest BCUT2D eigenvalue weighted by molar-refractivity contribution is 7.92. The van der Waals surface area contributed by atoms with Gasteiger partial charge in [0.1, 0.15) is 5.82 Å². The average Bonchev–Trinajstić information content (AvgIpc) is 2.60. The van der Waals surface area contributed by atoms with Crippen molar-refractivity contribution in [2.45, 2.75) is 18.2 Å². The SMILES string of the molecule is COCCCNc1ccc(NS(=O)(=O)c2ccc(NC(C)=O)cc2)nc1. The summed E-state index contributed by atoms with van der Waals surface area (Å²) < 4.78 is 32.2. The summed E-state index contributed by atoms with van der Waals surface area (Å²) in [4.78, 5) is 15.2. The Hall–Kier alpha value is -2.65. The lowest BCUT2D eigenvalue weighted by molar-refractivity contribution is -0.114. The zero-order valence-electron chi connectivity index (χ0n) is 14.7. The lowest BCUT2D eigenvalue weighted by Gasteiger charge is -2.10. The fourth-order valence-electron chi connectivity index (χ4n) is 2.13. The van der Waals surface area contributed by atoms with Crippen LogP contribution in [0.4, 0.5) is 17.2 Å². The van der Waals surface area contributed by atoms with Crippen molar-refractivity contribution in [2.75, 3.05) is 35.6 Å². The Bertz CT molecular complexity index is 821. The molecular weight excluding hydrogens is 356 g/mol. The van der Waals surface area contributed by atoms with Gasteiger partial charge in [0.25, 0.3) is 10.0 Å². The van der Waals surface area contributed by atoms with Gasteiger partial charge < -0.3 is 15.4 Å². The summed E-state index contributed by atoms with van der Waals surface area (Å²) in [6, 6.07) is 9.21. The van der Waals surface area contributed by atoms with Gasteiger partial charge in [-0.15, -0.1) is 0 Å². The number of nitrogens with zero attached hydrogens (tertiary/aromatic N) is 1. The third-order valence-electron chi connectivity index (χ3n) is 3.34. The van der Waals surface area contributed by atoms with Gasteiger partial charge in [0.2, 0.25) is 5.91 Å². The Morgan fingerprint density at radius 3 is 2.38 bits per heavy atom. The highest BCUT2D eigenvalue weighted by Gasteiger charge is 2.14. The minimum atomic E-state index is -3.76. The summed E-state index contributed by atoms with van der Waals surface area (Å²) in [5.74, 6) is -0.00256. The molecule has 0 spiro atoms. The van der Waals surface area contributed by atoms with Crippen LogP contribution in [0.5, 0.6) is 0 Å². The summed E-state index contributed by atoms with van der Waals surface area (Å²) in [7, 11) is -2.11. The number of sulfonamides is 1. The summed E-state index contributed by atoms with van der Waals surface area (Å²) in [5, 5.41) is 5.75. The molecule has 0 aliphatic carbocycles. The zero-order valence-corrected chi connectivity index (χ0v) is 15.5. The maximum absolute atomic E-state index is 12.4. The number of benzene rings is 1. The molecule has 0 fully saturated rings. The number of rotatable bonds is 9. The molecule has 8 nitrogen and oxygen atoms in total. The number of amides is 1. The van der Waals surface area contributed by atoms with Crippen molar-refractivity contribution in [2.24, 2.45) is 0 Å². The third kappa shape index (κ3) is 6.01. The van der Waals surface area contributed by atoms with Crippen molar-refractivity contribution in [3.05, 3.63) is 42.6 Å². The number of pyridine rings is 1. The van der Waals surface area contributed by atoms with Gasteiger partial charge in [-0.1, -0.05) is 0 Å². The first kappa shape index (κ1) is 19.7. The van der Waals surface area contributed by atoms with Crippen molar-refractivity contribution < 1.29 is 17.9 Å².